The molecule has 2 aliphatic rings. The van der Waals surface area contributed by atoms with Crippen molar-refractivity contribution in [2.24, 2.45) is 5.41 Å². The maximum atomic E-state index is 12.7. The van der Waals surface area contributed by atoms with Gasteiger partial charge in [-0.05, 0) is 42.2 Å². The van der Waals surface area contributed by atoms with E-state index in [0.717, 1.165) is 56.0 Å². The zero-order valence-corrected chi connectivity index (χ0v) is 20.7. The van der Waals surface area contributed by atoms with Crippen LogP contribution >= 0.6 is 0 Å². The van der Waals surface area contributed by atoms with Gasteiger partial charge in [-0.25, -0.2) is 4.98 Å². The quantitative estimate of drug-likeness (QED) is 0.567. The van der Waals surface area contributed by atoms with Gasteiger partial charge in [-0.2, -0.15) is 5.10 Å². The lowest BCUT2D eigenvalue weighted by molar-refractivity contribution is -0.117. The summed E-state index contributed by atoms with van der Waals surface area (Å²) >= 11 is 0. The molecule has 34 heavy (non-hydrogen) atoms. The molecule has 2 aromatic heterocycles. The summed E-state index contributed by atoms with van der Waals surface area (Å²) in [6.45, 7) is 11.1. The molecule has 1 amide bonds. The van der Waals surface area contributed by atoms with E-state index >= 15 is 0 Å². The molecule has 0 radical (unpaired) electrons. The maximum absolute atomic E-state index is 12.7. The lowest BCUT2D eigenvalue weighted by Crippen LogP contribution is -2.35. The summed E-state index contributed by atoms with van der Waals surface area (Å²) in [4.78, 5) is 22.8. The lowest BCUT2D eigenvalue weighted by atomic mass is 9.92. The van der Waals surface area contributed by atoms with Gasteiger partial charge in [0.05, 0.1) is 5.39 Å². The van der Waals surface area contributed by atoms with E-state index < -0.39 is 0 Å². The molecule has 0 aliphatic carbocycles. The predicted molar refractivity (Wildman–Crippen MR) is 137 cm³/mol. The van der Waals surface area contributed by atoms with Gasteiger partial charge in [0.2, 0.25) is 5.91 Å². The molecule has 0 atom stereocenters. The van der Waals surface area contributed by atoms with E-state index in [1.807, 2.05) is 0 Å². The molecule has 180 valence electrons. The lowest BCUT2D eigenvalue weighted by Gasteiger charge is -2.35. The molecule has 1 aromatic carbocycles. The number of pyridine rings is 1. The number of carbonyl (C=O) groups is 1. The summed E-state index contributed by atoms with van der Waals surface area (Å²) in [5.74, 6) is 1.71. The van der Waals surface area contributed by atoms with Crippen LogP contribution in [-0.2, 0) is 24.3 Å². The Kier molecular flexibility index (Phi) is 6.30. The van der Waals surface area contributed by atoms with Gasteiger partial charge in [-0.15, -0.1) is 0 Å². The molecule has 7 heteroatoms. The zero-order chi connectivity index (χ0) is 23.7. The predicted octanol–water partition coefficient (Wildman–Crippen LogP) is 4.88. The third kappa shape index (κ3) is 4.94. The summed E-state index contributed by atoms with van der Waals surface area (Å²) in [5, 5.41) is 11.7. The van der Waals surface area contributed by atoms with Crippen LogP contribution in [0.2, 0.25) is 0 Å². The van der Waals surface area contributed by atoms with Crippen molar-refractivity contribution in [1.82, 2.24) is 20.1 Å². The summed E-state index contributed by atoms with van der Waals surface area (Å²) in [6.07, 6.45) is 5.07. The van der Waals surface area contributed by atoms with E-state index in [1.54, 1.807) is 0 Å². The number of fused-ring (bicyclic) bond motifs is 3. The highest BCUT2D eigenvalue weighted by Crippen LogP contribution is 2.37. The van der Waals surface area contributed by atoms with Crippen LogP contribution in [0, 0.1) is 5.41 Å². The molecule has 1 saturated heterocycles. The Hall–Kier alpha value is -2.93. The molecule has 1 fully saturated rings. The van der Waals surface area contributed by atoms with Crippen molar-refractivity contribution >= 4 is 28.6 Å². The van der Waals surface area contributed by atoms with E-state index in [9.17, 15) is 4.79 Å². The van der Waals surface area contributed by atoms with Gasteiger partial charge in [0.15, 0.2) is 11.5 Å². The van der Waals surface area contributed by atoms with Gasteiger partial charge in [0, 0.05) is 44.7 Å². The fourth-order valence-corrected chi connectivity index (χ4v) is 5.27. The fourth-order valence-electron chi connectivity index (χ4n) is 5.27. The first-order valence-electron chi connectivity index (χ1n) is 12.6. The van der Waals surface area contributed by atoms with Gasteiger partial charge < -0.3 is 10.2 Å². The van der Waals surface area contributed by atoms with Crippen LogP contribution < -0.4 is 10.2 Å². The van der Waals surface area contributed by atoms with Crippen molar-refractivity contribution in [1.29, 1.82) is 0 Å². The second-order valence-electron chi connectivity index (χ2n) is 11.0. The van der Waals surface area contributed by atoms with Gasteiger partial charge >= 0.3 is 0 Å². The topological polar surface area (TPSA) is 77.1 Å². The first-order chi connectivity index (χ1) is 16.4. The van der Waals surface area contributed by atoms with Gasteiger partial charge in [0.1, 0.15) is 5.82 Å². The average molecular weight is 461 g/mol. The number of amides is 1. The number of benzene rings is 1. The average Bonchev–Trinajstić information content (AvgIpc) is 3.21. The van der Waals surface area contributed by atoms with E-state index in [4.69, 9.17) is 4.98 Å². The number of nitrogens with zero attached hydrogens (tertiary/aromatic N) is 4. The van der Waals surface area contributed by atoms with Crippen LogP contribution in [0.4, 0.5) is 11.6 Å². The van der Waals surface area contributed by atoms with Crippen LogP contribution in [0.25, 0.3) is 11.0 Å². The first-order valence-corrected chi connectivity index (χ1v) is 12.6. The van der Waals surface area contributed by atoms with Crippen molar-refractivity contribution in [3.8, 4) is 0 Å². The molecule has 2 aliphatic heterocycles. The second-order valence-corrected chi connectivity index (χ2v) is 11.0. The Bertz CT molecular complexity index is 1160. The summed E-state index contributed by atoms with van der Waals surface area (Å²) in [7, 11) is 0. The highest BCUT2D eigenvalue weighted by molar-refractivity contribution is 6.01. The summed E-state index contributed by atoms with van der Waals surface area (Å²) in [5.41, 5.74) is 4.62. The van der Waals surface area contributed by atoms with E-state index in [0.29, 0.717) is 12.2 Å². The third-order valence-corrected chi connectivity index (χ3v) is 6.81. The van der Waals surface area contributed by atoms with Crippen molar-refractivity contribution in [3.63, 3.8) is 0 Å². The molecule has 2 N–H and O–H groups in total. The van der Waals surface area contributed by atoms with Crippen molar-refractivity contribution in [2.45, 2.75) is 66.0 Å². The smallest absolute Gasteiger partial charge is 0.226 e. The molecular weight excluding hydrogens is 424 g/mol. The largest absolute Gasteiger partial charge is 0.356 e. The number of carbonyl (C=O) groups excluding carboxylic acids is 1. The second kappa shape index (κ2) is 9.37. The molecule has 0 spiro atoms. The Morgan fingerprint density at radius 2 is 1.82 bits per heavy atom. The van der Waals surface area contributed by atoms with Crippen molar-refractivity contribution < 1.29 is 4.79 Å². The van der Waals surface area contributed by atoms with Crippen molar-refractivity contribution in [2.75, 3.05) is 29.9 Å². The SMILES string of the molecule is CC(C)(C)CC(=O)Nc1n[nH]c2nc(N3CCCCC3)c3c(c12)CCN(Cc1ccccc1)C3. The molecule has 7 nitrogen and oxygen atoms in total. The molecule has 0 saturated carbocycles. The van der Waals surface area contributed by atoms with Gasteiger partial charge in [0.25, 0.3) is 0 Å². The van der Waals surface area contributed by atoms with E-state index in [-0.39, 0.29) is 11.3 Å². The number of rotatable bonds is 5. The van der Waals surface area contributed by atoms with Crippen LogP contribution in [0.5, 0.6) is 0 Å². The number of anilines is 2. The van der Waals surface area contributed by atoms with Crippen LogP contribution in [0.3, 0.4) is 0 Å². The molecular formula is C27H36N6O. The molecule has 5 rings (SSSR count). The van der Waals surface area contributed by atoms with Crippen molar-refractivity contribution in [3.05, 3.63) is 47.0 Å². The maximum Gasteiger partial charge on any atom is 0.226 e. The number of H-pyrrole nitrogens is 1. The zero-order valence-electron chi connectivity index (χ0n) is 20.7. The van der Waals surface area contributed by atoms with Crippen LogP contribution in [0.15, 0.2) is 30.3 Å². The Labute approximate surface area is 201 Å². The summed E-state index contributed by atoms with van der Waals surface area (Å²) in [6, 6.07) is 10.7. The first kappa shape index (κ1) is 22.8. The molecule has 3 aromatic rings. The molecule has 0 bridgehead atoms. The monoisotopic (exact) mass is 460 g/mol. The summed E-state index contributed by atoms with van der Waals surface area (Å²) < 4.78 is 0. The highest BCUT2D eigenvalue weighted by Gasteiger charge is 2.29. The van der Waals surface area contributed by atoms with Crippen LogP contribution in [-0.4, -0.2) is 45.6 Å². The number of aromatic amines is 1. The Morgan fingerprint density at radius 3 is 2.56 bits per heavy atom. The number of hydrogen-bond donors (Lipinski definition) is 2. The van der Waals surface area contributed by atoms with Gasteiger partial charge in [-0.3, -0.25) is 14.8 Å². The number of piperidine rings is 1. The third-order valence-electron chi connectivity index (χ3n) is 6.81. The van der Waals surface area contributed by atoms with Crippen LogP contribution in [0.1, 0.15) is 63.1 Å². The minimum atomic E-state index is -0.0761. The normalized spacial score (nSPS) is 17.1. The fraction of sp³-hybridized carbons (Fsp3) is 0.519. The molecule has 0 unspecified atom stereocenters. The number of aromatic nitrogens is 3. The minimum absolute atomic E-state index is 0.00345. The minimum Gasteiger partial charge on any atom is -0.356 e. The standard InChI is InChI=1S/C27H36N6O/c1-27(2,3)16-22(34)28-24-23-20-12-15-32(17-19-10-6-4-7-11-19)18-21(20)26(29-25(23)31-30-24)33-13-8-5-9-14-33/h4,6-7,10-11H,5,8-9,12-18H2,1-3H3,(H2,28,29,30,31,34). The molecule has 4 heterocycles. The number of nitrogens with one attached hydrogen (secondary N) is 2. The van der Waals surface area contributed by atoms with E-state index in [1.165, 1.54) is 36.0 Å². The Balaban J connectivity index is 1.51. The van der Waals surface area contributed by atoms with E-state index in [2.05, 4.69) is 76.4 Å². The van der Waals surface area contributed by atoms with Gasteiger partial charge in [-0.1, -0.05) is 51.1 Å². The Morgan fingerprint density at radius 1 is 1.06 bits per heavy atom. The number of hydrogen-bond acceptors (Lipinski definition) is 5. The highest BCUT2D eigenvalue weighted by atomic mass is 16.1.